The number of hydrogen-bond acceptors (Lipinski definition) is 2. The molecule has 14 heavy (non-hydrogen) atoms. The minimum Gasteiger partial charge on any atom is -0.320 e. The van der Waals surface area contributed by atoms with Gasteiger partial charge in [-0.3, -0.25) is 0 Å². The summed E-state index contributed by atoms with van der Waals surface area (Å²) in [6.07, 6.45) is 4.79. The van der Waals surface area contributed by atoms with Crippen LogP contribution in [0, 0.1) is 0 Å². The van der Waals surface area contributed by atoms with Gasteiger partial charge in [0.2, 0.25) is 0 Å². The van der Waals surface area contributed by atoms with Crippen LogP contribution >= 0.6 is 0 Å². The Hall–Kier alpha value is -0.410. The Bertz CT molecular complexity index is 186. The summed E-state index contributed by atoms with van der Waals surface area (Å²) in [7, 11) is 0. The van der Waals surface area contributed by atoms with Crippen LogP contribution in [0.15, 0.2) is 0 Å². The Morgan fingerprint density at radius 2 is 1.86 bits per heavy atom. The molecule has 0 aromatic heterocycles. The molecule has 0 saturated carbocycles. The molecule has 0 bridgehead atoms. The first-order valence-electron chi connectivity index (χ1n) is 5.67. The van der Waals surface area contributed by atoms with Gasteiger partial charge < -0.3 is 15.0 Å². The van der Waals surface area contributed by atoms with Crippen LogP contribution in [0.3, 0.4) is 0 Å². The quantitative estimate of drug-likeness (QED) is 0.540. The van der Waals surface area contributed by atoms with Crippen LogP contribution in [0.1, 0.15) is 33.1 Å². The Balaban J connectivity index is 2.65. The second kappa shape index (κ2) is 4.89. The number of quaternary nitrogens is 1. The highest BCUT2D eigenvalue weighted by Gasteiger charge is 2.34. The van der Waals surface area contributed by atoms with Gasteiger partial charge in [-0.05, 0) is 33.1 Å². The summed E-state index contributed by atoms with van der Waals surface area (Å²) in [4.78, 5) is 10.6. The number of likely N-dealkylation sites (tertiary alicyclic amines) is 1. The van der Waals surface area contributed by atoms with Gasteiger partial charge in [0.1, 0.15) is 18.9 Å². The summed E-state index contributed by atoms with van der Waals surface area (Å²) in [6, 6.07) is 0.303. The number of carbonyl (C=O) groups is 1. The van der Waals surface area contributed by atoms with Gasteiger partial charge in [-0.25, -0.2) is 0 Å². The Morgan fingerprint density at radius 1 is 1.29 bits per heavy atom. The summed E-state index contributed by atoms with van der Waals surface area (Å²) in [5, 5.41) is 0. The normalized spacial score (nSPS) is 23.4. The zero-order valence-electron chi connectivity index (χ0n) is 9.41. The maximum Gasteiger partial charge on any atom is 0.142 e. The fourth-order valence-corrected chi connectivity index (χ4v) is 2.51. The first-order valence-corrected chi connectivity index (χ1v) is 5.67. The van der Waals surface area contributed by atoms with Gasteiger partial charge in [-0.2, -0.15) is 0 Å². The number of nitrogens with two attached hydrogens (primary N) is 1. The fourth-order valence-electron chi connectivity index (χ4n) is 2.51. The molecule has 0 aliphatic carbocycles. The lowest BCUT2D eigenvalue weighted by atomic mass is 10.0. The monoisotopic (exact) mass is 199 g/mol. The van der Waals surface area contributed by atoms with Crippen molar-refractivity contribution in [2.24, 2.45) is 5.73 Å². The summed E-state index contributed by atoms with van der Waals surface area (Å²) >= 11 is 0. The molecule has 0 amide bonds. The van der Waals surface area contributed by atoms with E-state index in [0.29, 0.717) is 6.04 Å². The lowest BCUT2D eigenvalue weighted by Gasteiger charge is -2.45. The largest absolute Gasteiger partial charge is 0.320 e. The van der Waals surface area contributed by atoms with E-state index in [1.165, 1.54) is 32.4 Å². The molecule has 3 nitrogen and oxygen atoms in total. The van der Waals surface area contributed by atoms with Gasteiger partial charge in [0, 0.05) is 0 Å². The van der Waals surface area contributed by atoms with Crippen molar-refractivity contribution in [3.8, 4) is 0 Å². The summed E-state index contributed by atoms with van der Waals surface area (Å²) in [6.45, 7) is 7.69. The third kappa shape index (κ3) is 2.55. The molecule has 1 aliphatic heterocycles. The highest BCUT2D eigenvalue weighted by atomic mass is 16.1. The summed E-state index contributed by atoms with van der Waals surface area (Å²) < 4.78 is 1.04. The van der Waals surface area contributed by atoms with Crippen molar-refractivity contribution >= 4 is 6.29 Å². The van der Waals surface area contributed by atoms with E-state index in [9.17, 15) is 4.79 Å². The van der Waals surface area contributed by atoms with Gasteiger partial charge in [0.05, 0.1) is 19.1 Å². The van der Waals surface area contributed by atoms with Gasteiger partial charge >= 0.3 is 0 Å². The third-order valence-corrected chi connectivity index (χ3v) is 3.55. The van der Waals surface area contributed by atoms with E-state index in [-0.39, 0.29) is 6.04 Å². The molecule has 0 aromatic carbocycles. The first-order chi connectivity index (χ1) is 6.60. The maximum atomic E-state index is 10.6. The van der Waals surface area contributed by atoms with Crippen LogP contribution in [-0.4, -0.2) is 42.5 Å². The molecular formula is C11H23N2O+. The summed E-state index contributed by atoms with van der Waals surface area (Å²) in [5.74, 6) is 0. The highest BCUT2D eigenvalue weighted by Crippen LogP contribution is 2.22. The van der Waals surface area contributed by atoms with E-state index in [1.807, 2.05) is 0 Å². The molecule has 0 radical (unpaired) electrons. The molecule has 1 aliphatic rings. The lowest BCUT2D eigenvalue weighted by molar-refractivity contribution is -0.951. The lowest BCUT2D eigenvalue weighted by Crippen LogP contribution is -2.60. The number of nitrogens with zero attached hydrogens (tertiary/aromatic N) is 1. The van der Waals surface area contributed by atoms with Crippen molar-refractivity contribution in [1.29, 1.82) is 0 Å². The predicted octanol–water partition coefficient (Wildman–Crippen LogP) is 0.922. The minimum absolute atomic E-state index is 0.282. The van der Waals surface area contributed by atoms with E-state index >= 15 is 0 Å². The number of rotatable bonds is 4. The Labute approximate surface area is 86.9 Å². The second-order valence-electron chi connectivity index (χ2n) is 4.80. The highest BCUT2D eigenvalue weighted by molar-refractivity contribution is 5.57. The van der Waals surface area contributed by atoms with E-state index < -0.39 is 0 Å². The molecule has 1 heterocycles. The first kappa shape index (κ1) is 11.7. The minimum atomic E-state index is -0.282. The van der Waals surface area contributed by atoms with E-state index in [0.717, 1.165) is 17.3 Å². The van der Waals surface area contributed by atoms with Gasteiger partial charge in [0.25, 0.3) is 0 Å². The maximum absolute atomic E-state index is 10.6. The number of piperidine rings is 1. The van der Waals surface area contributed by atoms with E-state index in [2.05, 4.69) is 13.8 Å². The van der Waals surface area contributed by atoms with Crippen molar-refractivity contribution in [2.45, 2.75) is 45.2 Å². The van der Waals surface area contributed by atoms with E-state index in [4.69, 9.17) is 5.73 Å². The van der Waals surface area contributed by atoms with Gasteiger partial charge in [0.15, 0.2) is 0 Å². The van der Waals surface area contributed by atoms with Crippen molar-refractivity contribution in [1.82, 2.24) is 0 Å². The molecule has 0 spiro atoms. The predicted molar refractivity (Wildman–Crippen MR) is 57.9 cm³/mol. The van der Waals surface area contributed by atoms with Gasteiger partial charge in [-0.15, -0.1) is 0 Å². The number of hydrogen-bond donors (Lipinski definition) is 1. The Morgan fingerprint density at radius 3 is 2.29 bits per heavy atom. The van der Waals surface area contributed by atoms with Crippen molar-refractivity contribution in [3.05, 3.63) is 0 Å². The van der Waals surface area contributed by atoms with Crippen LogP contribution in [0.4, 0.5) is 0 Å². The summed E-state index contributed by atoms with van der Waals surface area (Å²) in [5.41, 5.74) is 5.74. The molecule has 1 atom stereocenters. The number of carbonyl (C=O) groups excluding carboxylic acids is 1. The van der Waals surface area contributed by atoms with Crippen molar-refractivity contribution < 1.29 is 9.28 Å². The van der Waals surface area contributed by atoms with Gasteiger partial charge in [-0.1, -0.05) is 0 Å². The molecule has 2 N–H and O–H groups in total. The number of aldehydes is 1. The van der Waals surface area contributed by atoms with Crippen LogP contribution in [0.25, 0.3) is 0 Å². The van der Waals surface area contributed by atoms with Crippen LogP contribution < -0.4 is 5.73 Å². The Kier molecular flexibility index (Phi) is 4.08. The second-order valence-corrected chi connectivity index (χ2v) is 4.80. The average molecular weight is 199 g/mol. The zero-order chi connectivity index (χ0) is 10.6. The van der Waals surface area contributed by atoms with Crippen molar-refractivity contribution in [2.75, 3.05) is 19.6 Å². The topological polar surface area (TPSA) is 43.1 Å². The SMILES string of the molecule is CC(C)[N+]1(C[C@H](N)C=O)CCCCC1. The average Bonchev–Trinajstić information content (AvgIpc) is 2.19. The zero-order valence-corrected chi connectivity index (χ0v) is 9.41. The smallest absolute Gasteiger partial charge is 0.142 e. The standard InChI is InChI=1S/C11H23N2O/c1-10(2)13(8-11(12)9-14)6-4-3-5-7-13/h9-11H,3-8,12H2,1-2H3/q+1/t11-/m0/s1. The molecular weight excluding hydrogens is 176 g/mol. The molecule has 0 aromatic rings. The molecule has 1 rings (SSSR count). The van der Waals surface area contributed by atoms with Crippen molar-refractivity contribution in [3.63, 3.8) is 0 Å². The molecule has 1 saturated heterocycles. The molecule has 82 valence electrons. The van der Waals surface area contributed by atoms with Crippen LogP contribution in [0.2, 0.25) is 0 Å². The molecule has 3 heteroatoms. The molecule has 0 unspecified atom stereocenters. The van der Waals surface area contributed by atoms with Crippen LogP contribution in [-0.2, 0) is 4.79 Å². The third-order valence-electron chi connectivity index (χ3n) is 3.55. The fraction of sp³-hybridized carbons (Fsp3) is 0.909. The van der Waals surface area contributed by atoms with E-state index in [1.54, 1.807) is 0 Å². The van der Waals surface area contributed by atoms with Crippen LogP contribution in [0.5, 0.6) is 0 Å². The molecule has 1 fully saturated rings.